The minimum atomic E-state index is -0.924. The number of carboxylic acid groups (broad SMARTS) is 1. The molecule has 0 saturated heterocycles. The van der Waals surface area contributed by atoms with Crippen LogP contribution in [0.4, 0.5) is 0 Å². The van der Waals surface area contributed by atoms with Crippen molar-refractivity contribution in [1.29, 1.82) is 0 Å². The van der Waals surface area contributed by atoms with Crippen LogP contribution in [0.5, 0.6) is 0 Å². The lowest BCUT2D eigenvalue weighted by Gasteiger charge is -2.12. The zero-order valence-corrected chi connectivity index (χ0v) is 11.0. The van der Waals surface area contributed by atoms with E-state index in [0.29, 0.717) is 12.0 Å². The molecular weight excluding hydrogens is 246 g/mol. The Morgan fingerprint density at radius 2 is 2.00 bits per heavy atom. The van der Waals surface area contributed by atoms with Crippen LogP contribution in [-0.2, 0) is 9.59 Å². The summed E-state index contributed by atoms with van der Waals surface area (Å²) in [7, 11) is 0. The molecule has 102 valence electrons. The molecule has 5 heteroatoms. The lowest BCUT2D eigenvalue weighted by atomic mass is 9.90. The van der Waals surface area contributed by atoms with Gasteiger partial charge in [-0.3, -0.25) is 19.4 Å². The molecule has 1 atom stereocenters. The largest absolute Gasteiger partial charge is 0.481 e. The molecule has 0 bridgehead atoms. The molecule has 19 heavy (non-hydrogen) atoms. The molecule has 0 aromatic carbocycles. The first-order valence-electron chi connectivity index (χ1n) is 6.10. The maximum atomic E-state index is 12.2. The van der Waals surface area contributed by atoms with Gasteiger partial charge in [-0.1, -0.05) is 0 Å². The third-order valence-corrected chi connectivity index (χ3v) is 2.85. The van der Waals surface area contributed by atoms with Crippen LogP contribution >= 0.6 is 0 Å². The van der Waals surface area contributed by atoms with Crippen molar-refractivity contribution >= 4 is 17.5 Å². The molecule has 1 rings (SSSR count). The van der Waals surface area contributed by atoms with Crippen LogP contribution in [0.2, 0.25) is 0 Å². The van der Waals surface area contributed by atoms with Crippen molar-refractivity contribution in [2.45, 2.75) is 33.1 Å². The molecule has 1 unspecified atom stereocenters. The molecule has 1 heterocycles. The first-order valence-corrected chi connectivity index (χ1v) is 6.10. The second-order valence-corrected chi connectivity index (χ2v) is 4.56. The number of rotatable bonds is 7. The van der Waals surface area contributed by atoms with Gasteiger partial charge >= 0.3 is 5.97 Å². The van der Waals surface area contributed by atoms with Crippen LogP contribution in [-0.4, -0.2) is 27.6 Å². The van der Waals surface area contributed by atoms with Crippen LogP contribution in [0, 0.1) is 12.8 Å². The van der Waals surface area contributed by atoms with Crippen LogP contribution < -0.4 is 0 Å². The zero-order chi connectivity index (χ0) is 14.4. The molecule has 1 aromatic rings. The van der Waals surface area contributed by atoms with Gasteiger partial charge in [-0.25, -0.2) is 0 Å². The molecule has 0 saturated carbocycles. The first kappa shape index (κ1) is 15.0. The second kappa shape index (κ2) is 6.78. The van der Waals surface area contributed by atoms with Crippen molar-refractivity contribution in [3.05, 3.63) is 29.6 Å². The second-order valence-electron chi connectivity index (χ2n) is 4.56. The van der Waals surface area contributed by atoms with Gasteiger partial charge in [-0.05, 0) is 38.3 Å². The Hall–Kier alpha value is -2.04. The van der Waals surface area contributed by atoms with Gasteiger partial charge in [-0.15, -0.1) is 0 Å². The maximum absolute atomic E-state index is 12.2. The predicted octanol–water partition coefficient (Wildman–Crippen LogP) is 2.03. The summed E-state index contributed by atoms with van der Waals surface area (Å²) >= 11 is 0. The van der Waals surface area contributed by atoms with E-state index in [9.17, 15) is 14.4 Å². The number of carboxylic acids is 1. The average molecular weight is 263 g/mol. The number of nitrogens with zero attached hydrogens (tertiary/aromatic N) is 1. The number of aliphatic carboxylic acids is 1. The van der Waals surface area contributed by atoms with Crippen LogP contribution in [0.3, 0.4) is 0 Å². The van der Waals surface area contributed by atoms with Crippen molar-refractivity contribution in [3.63, 3.8) is 0 Å². The summed E-state index contributed by atoms with van der Waals surface area (Å²) in [6.45, 7) is 3.17. The van der Waals surface area contributed by atoms with Gasteiger partial charge in [0.25, 0.3) is 0 Å². The minimum Gasteiger partial charge on any atom is -0.481 e. The van der Waals surface area contributed by atoms with Gasteiger partial charge < -0.3 is 5.11 Å². The highest BCUT2D eigenvalue weighted by molar-refractivity contribution is 6.09. The van der Waals surface area contributed by atoms with Crippen LogP contribution in [0.15, 0.2) is 18.5 Å². The molecule has 1 aromatic heterocycles. The van der Waals surface area contributed by atoms with E-state index in [2.05, 4.69) is 4.98 Å². The van der Waals surface area contributed by atoms with Crippen molar-refractivity contribution < 1.29 is 19.5 Å². The number of hydrogen-bond donors (Lipinski definition) is 1. The van der Waals surface area contributed by atoms with E-state index < -0.39 is 11.9 Å². The molecule has 5 nitrogen and oxygen atoms in total. The lowest BCUT2D eigenvalue weighted by molar-refractivity contribution is -0.137. The van der Waals surface area contributed by atoms with E-state index in [-0.39, 0.29) is 24.4 Å². The Kier molecular flexibility index (Phi) is 5.36. The number of ketones is 2. The van der Waals surface area contributed by atoms with Gasteiger partial charge in [0.05, 0.1) is 5.92 Å². The maximum Gasteiger partial charge on any atom is 0.303 e. The number of hydrogen-bond acceptors (Lipinski definition) is 4. The third kappa shape index (κ3) is 4.62. The minimum absolute atomic E-state index is 0.0386. The number of carbonyl (C=O) groups is 3. The lowest BCUT2D eigenvalue weighted by Crippen LogP contribution is -2.22. The van der Waals surface area contributed by atoms with Gasteiger partial charge in [0.2, 0.25) is 0 Å². The van der Waals surface area contributed by atoms with E-state index in [4.69, 9.17) is 5.11 Å². The average Bonchev–Trinajstić information content (AvgIpc) is 2.33. The van der Waals surface area contributed by atoms with Crippen molar-refractivity contribution in [2.75, 3.05) is 0 Å². The van der Waals surface area contributed by atoms with Gasteiger partial charge in [0.1, 0.15) is 5.78 Å². The Morgan fingerprint density at radius 3 is 2.53 bits per heavy atom. The standard InChI is InChI=1S/C14H17NO4/c1-9-6-11(8-15-7-9)14(19)12(10(2)16)4-3-5-13(17)18/h6-8,12H,3-5H2,1-2H3,(H,17,18). The SMILES string of the molecule is CC(=O)C(CCCC(=O)O)C(=O)c1cncc(C)c1. The van der Waals surface area contributed by atoms with Gasteiger partial charge in [-0.2, -0.15) is 0 Å². The quantitative estimate of drug-likeness (QED) is 0.601. The summed E-state index contributed by atoms with van der Waals surface area (Å²) in [4.78, 5) is 38.1. The van der Waals surface area contributed by atoms with Crippen LogP contribution in [0.25, 0.3) is 0 Å². The van der Waals surface area contributed by atoms with E-state index in [1.165, 1.54) is 13.1 Å². The Balaban J connectivity index is 2.78. The number of aromatic nitrogens is 1. The Bertz CT molecular complexity index is 496. The Morgan fingerprint density at radius 1 is 1.32 bits per heavy atom. The highest BCUT2D eigenvalue weighted by atomic mass is 16.4. The molecule has 0 aliphatic heterocycles. The predicted molar refractivity (Wildman–Crippen MR) is 69.0 cm³/mol. The summed E-state index contributed by atoms with van der Waals surface area (Å²) in [6.07, 6.45) is 3.59. The topological polar surface area (TPSA) is 84.3 Å². The third-order valence-electron chi connectivity index (χ3n) is 2.85. The van der Waals surface area contributed by atoms with Crippen molar-refractivity contribution in [2.24, 2.45) is 5.92 Å². The summed E-state index contributed by atoms with van der Waals surface area (Å²) in [6, 6.07) is 1.68. The molecular formula is C14H17NO4. The monoisotopic (exact) mass is 263 g/mol. The van der Waals surface area contributed by atoms with Gasteiger partial charge in [0.15, 0.2) is 5.78 Å². The van der Waals surface area contributed by atoms with Crippen molar-refractivity contribution in [1.82, 2.24) is 4.98 Å². The van der Waals surface area contributed by atoms with E-state index >= 15 is 0 Å². The smallest absolute Gasteiger partial charge is 0.303 e. The van der Waals surface area contributed by atoms with Crippen LogP contribution in [0.1, 0.15) is 42.1 Å². The number of pyridine rings is 1. The molecule has 1 N–H and O–H groups in total. The number of carbonyl (C=O) groups excluding carboxylic acids is 2. The zero-order valence-electron chi connectivity index (χ0n) is 11.0. The fourth-order valence-corrected chi connectivity index (χ4v) is 1.87. The summed E-state index contributed by atoms with van der Waals surface area (Å²) in [5.74, 6) is -2.22. The molecule has 0 spiro atoms. The highest BCUT2D eigenvalue weighted by Gasteiger charge is 2.24. The molecule has 0 radical (unpaired) electrons. The normalized spacial score (nSPS) is 11.9. The molecule has 0 amide bonds. The fourth-order valence-electron chi connectivity index (χ4n) is 1.87. The highest BCUT2D eigenvalue weighted by Crippen LogP contribution is 2.17. The van der Waals surface area contributed by atoms with E-state index in [0.717, 1.165) is 5.56 Å². The summed E-state index contributed by atoms with van der Waals surface area (Å²) in [5, 5.41) is 8.58. The molecule has 0 aliphatic carbocycles. The molecule has 0 aliphatic rings. The molecule has 0 fully saturated rings. The van der Waals surface area contributed by atoms with Gasteiger partial charge in [0, 0.05) is 24.4 Å². The van der Waals surface area contributed by atoms with E-state index in [1.807, 2.05) is 6.92 Å². The summed E-state index contributed by atoms with van der Waals surface area (Å²) < 4.78 is 0. The van der Waals surface area contributed by atoms with Crippen molar-refractivity contribution in [3.8, 4) is 0 Å². The van der Waals surface area contributed by atoms with E-state index in [1.54, 1.807) is 12.3 Å². The first-order chi connectivity index (χ1) is 8.91. The number of aryl methyl sites for hydroxylation is 1. The fraction of sp³-hybridized carbons (Fsp3) is 0.429. The number of Topliss-reactive ketones (excluding diaryl/α,β-unsaturated/α-hetero) is 2. The Labute approximate surface area is 111 Å². The summed E-state index contributed by atoms with van der Waals surface area (Å²) in [5.41, 5.74) is 1.24.